The summed E-state index contributed by atoms with van der Waals surface area (Å²) in [6, 6.07) is 2.12. The second-order valence-electron chi connectivity index (χ2n) is 7.87. The number of hydrogen-bond donors (Lipinski definition) is 3. The van der Waals surface area contributed by atoms with Crippen LogP contribution in [0, 0.1) is 16.6 Å². The van der Waals surface area contributed by atoms with Crippen LogP contribution in [-0.4, -0.2) is 34.2 Å². The highest BCUT2D eigenvalue weighted by atomic mass is 19.4. The fourth-order valence-corrected chi connectivity index (χ4v) is 4.41. The summed E-state index contributed by atoms with van der Waals surface area (Å²) in [6.45, 7) is 1.96. The van der Waals surface area contributed by atoms with E-state index in [1.807, 2.05) is 6.92 Å². The van der Waals surface area contributed by atoms with E-state index in [1.54, 1.807) is 0 Å². The number of benzene rings is 1. The number of nitrogens with one attached hydrogen (secondary N) is 3. The van der Waals surface area contributed by atoms with Gasteiger partial charge in [-0.05, 0) is 37.5 Å². The Morgan fingerprint density at radius 1 is 1.25 bits per heavy atom. The maximum absolute atomic E-state index is 14.3. The van der Waals surface area contributed by atoms with Crippen molar-refractivity contribution in [3.63, 3.8) is 0 Å². The lowest BCUT2D eigenvalue weighted by molar-refractivity contribution is -0.137. The summed E-state index contributed by atoms with van der Waals surface area (Å²) in [6.07, 6.45) is 2.53. The first kappa shape index (κ1) is 22.0. The number of fused-ring (bicyclic) bond motifs is 1. The zero-order valence-corrected chi connectivity index (χ0v) is 17.4. The summed E-state index contributed by atoms with van der Waals surface area (Å²) in [5.74, 6) is -0.255. The molecule has 4 rings (SSSR count). The fraction of sp³-hybridized carbons (Fsp3) is 0.429. The van der Waals surface area contributed by atoms with Gasteiger partial charge in [0.1, 0.15) is 17.3 Å². The highest BCUT2D eigenvalue weighted by Gasteiger charge is 2.40. The second kappa shape index (κ2) is 8.36. The number of hydrogen-bond acceptors (Lipinski definition) is 6. The molecule has 1 aromatic carbocycles. The molecule has 2 heterocycles. The molecule has 0 bridgehead atoms. The summed E-state index contributed by atoms with van der Waals surface area (Å²) in [4.78, 5) is 12.2. The molecule has 1 unspecified atom stereocenters. The van der Waals surface area contributed by atoms with E-state index in [1.165, 1.54) is 11.1 Å². The molecule has 0 spiro atoms. The standard InChI is InChI=1S/C21H23F4N7/c1-2-16-18(27)31(11-26)17-10-28-20(30-19(17)32(16)13-5-3-4-6-13)29-15-8-7-12(9-14(15)22)21(23,24)25/h7-11,13,16,26-27H,2-6H2,1H3,(H,28,29,30). The third kappa shape index (κ3) is 3.87. The molecule has 1 fully saturated rings. The van der Waals surface area contributed by atoms with Gasteiger partial charge in [-0.25, -0.2) is 9.37 Å². The van der Waals surface area contributed by atoms with Gasteiger partial charge in [0.05, 0.1) is 29.8 Å². The molecule has 0 radical (unpaired) electrons. The van der Waals surface area contributed by atoms with Crippen LogP contribution in [0.3, 0.4) is 0 Å². The Labute approximate surface area is 182 Å². The third-order valence-electron chi connectivity index (χ3n) is 5.94. The van der Waals surface area contributed by atoms with Gasteiger partial charge in [-0.2, -0.15) is 18.2 Å². The normalized spacial score (nSPS) is 19.3. The number of aromatic nitrogens is 2. The number of rotatable bonds is 5. The second-order valence-corrected chi connectivity index (χ2v) is 7.87. The molecule has 1 aliphatic carbocycles. The first-order valence-corrected chi connectivity index (χ1v) is 10.4. The average molecular weight is 449 g/mol. The van der Waals surface area contributed by atoms with Gasteiger partial charge in [0, 0.05) is 6.04 Å². The van der Waals surface area contributed by atoms with Crippen molar-refractivity contribution in [2.45, 2.75) is 57.3 Å². The fourth-order valence-electron chi connectivity index (χ4n) is 4.41. The Kier molecular flexibility index (Phi) is 5.74. The van der Waals surface area contributed by atoms with E-state index in [0.29, 0.717) is 24.0 Å². The summed E-state index contributed by atoms with van der Waals surface area (Å²) in [5.41, 5.74) is -0.782. The van der Waals surface area contributed by atoms with Crippen LogP contribution in [0.25, 0.3) is 0 Å². The van der Waals surface area contributed by atoms with E-state index in [4.69, 9.17) is 10.8 Å². The zero-order chi connectivity index (χ0) is 23.0. The summed E-state index contributed by atoms with van der Waals surface area (Å²) < 4.78 is 52.8. The molecule has 0 saturated heterocycles. The molecular formula is C21H23F4N7. The van der Waals surface area contributed by atoms with Crippen molar-refractivity contribution in [3.05, 3.63) is 35.8 Å². The molecule has 0 amide bonds. The average Bonchev–Trinajstić information content (AvgIpc) is 3.28. The summed E-state index contributed by atoms with van der Waals surface area (Å²) in [5, 5.41) is 19.0. The molecule has 1 aliphatic heterocycles. The first-order valence-electron chi connectivity index (χ1n) is 10.4. The van der Waals surface area contributed by atoms with E-state index < -0.39 is 17.6 Å². The van der Waals surface area contributed by atoms with E-state index in [-0.39, 0.29) is 29.6 Å². The molecule has 1 atom stereocenters. The lowest BCUT2D eigenvalue weighted by atomic mass is 10.0. The molecule has 2 aliphatic rings. The highest BCUT2D eigenvalue weighted by Crippen LogP contribution is 2.40. The maximum atomic E-state index is 14.3. The highest BCUT2D eigenvalue weighted by molar-refractivity contribution is 6.16. The number of alkyl halides is 3. The minimum absolute atomic E-state index is 0.0265. The Hall–Kier alpha value is -3.24. The van der Waals surface area contributed by atoms with Gasteiger partial charge in [0.15, 0.2) is 5.82 Å². The summed E-state index contributed by atoms with van der Waals surface area (Å²) in [7, 11) is 0. The van der Waals surface area contributed by atoms with Crippen molar-refractivity contribution in [2.24, 2.45) is 0 Å². The van der Waals surface area contributed by atoms with Crippen LogP contribution in [0.1, 0.15) is 44.6 Å². The van der Waals surface area contributed by atoms with Crippen molar-refractivity contribution >= 4 is 35.3 Å². The van der Waals surface area contributed by atoms with E-state index in [2.05, 4.69) is 20.2 Å². The molecule has 7 nitrogen and oxygen atoms in total. The first-order chi connectivity index (χ1) is 15.2. The van der Waals surface area contributed by atoms with Gasteiger partial charge >= 0.3 is 6.18 Å². The largest absolute Gasteiger partial charge is 0.416 e. The molecule has 170 valence electrons. The van der Waals surface area contributed by atoms with Crippen molar-refractivity contribution in [1.82, 2.24) is 9.97 Å². The number of anilines is 4. The van der Waals surface area contributed by atoms with Crippen molar-refractivity contribution in [1.29, 1.82) is 10.8 Å². The van der Waals surface area contributed by atoms with Crippen LogP contribution < -0.4 is 15.1 Å². The molecule has 1 saturated carbocycles. The lowest BCUT2D eigenvalue weighted by Gasteiger charge is -2.44. The lowest BCUT2D eigenvalue weighted by Crippen LogP contribution is -2.56. The van der Waals surface area contributed by atoms with Gasteiger partial charge in [0.2, 0.25) is 5.95 Å². The zero-order valence-electron chi connectivity index (χ0n) is 17.4. The minimum Gasteiger partial charge on any atom is -0.342 e. The van der Waals surface area contributed by atoms with Crippen LogP contribution in [0.5, 0.6) is 0 Å². The number of halogens is 4. The predicted octanol–water partition coefficient (Wildman–Crippen LogP) is 5.31. The van der Waals surface area contributed by atoms with Crippen molar-refractivity contribution < 1.29 is 17.6 Å². The van der Waals surface area contributed by atoms with Crippen LogP contribution >= 0.6 is 0 Å². The topological polar surface area (TPSA) is 92.0 Å². The van der Waals surface area contributed by atoms with E-state index in [0.717, 1.165) is 44.2 Å². The molecular weight excluding hydrogens is 426 g/mol. The van der Waals surface area contributed by atoms with Crippen molar-refractivity contribution in [2.75, 3.05) is 15.1 Å². The Morgan fingerprint density at radius 3 is 2.56 bits per heavy atom. The van der Waals surface area contributed by atoms with Crippen LogP contribution in [0.4, 0.5) is 40.7 Å². The van der Waals surface area contributed by atoms with Gasteiger partial charge in [-0.3, -0.25) is 15.7 Å². The SMILES string of the molecule is CCC1C(=N)N(C=N)c2cnc(Nc3ccc(C(F)(F)F)cc3F)nc2N1C1CCCC1. The summed E-state index contributed by atoms with van der Waals surface area (Å²) >= 11 is 0. The van der Waals surface area contributed by atoms with Crippen molar-refractivity contribution in [3.8, 4) is 0 Å². The minimum atomic E-state index is -4.64. The molecule has 32 heavy (non-hydrogen) atoms. The van der Waals surface area contributed by atoms with Crippen LogP contribution in [0.15, 0.2) is 24.4 Å². The van der Waals surface area contributed by atoms with Crippen LogP contribution in [-0.2, 0) is 6.18 Å². The smallest absolute Gasteiger partial charge is 0.342 e. The predicted molar refractivity (Wildman–Crippen MR) is 115 cm³/mol. The van der Waals surface area contributed by atoms with Gasteiger partial charge < -0.3 is 10.2 Å². The Balaban J connectivity index is 1.73. The maximum Gasteiger partial charge on any atom is 0.416 e. The molecule has 11 heteroatoms. The Bertz CT molecular complexity index is 1030. The third-order valence-corrected chi connectivity index (χ3v) is 5.94. The molecule has 2 aromatic rings. The van der Waals surface area contributed by atoms with Gasteiger partial charge in [0.25, 0.3) is 0 Å². The number of amidine groups is 1. The molecule has 3 N–H and O–H groups in total. The van der Waals surface area contributed by atoms with E-state index in [9.17, 15) is 17.6 Å². The van der Waals surface area contributed by atoms with E-state index >= 15 is 0 Å². The molecule has 1 aromatic heterocycles. The van der Waals surface area contributed by atoms with Crippen LogP contribution in [0.2, 0.25) is 0 Å². The van der Waals surface area contributed by atoms with Gasteiger partial charge in [-0.15, -0.1) is 0 Å². The van der Waals surface area contributed by atoms with Gasteiger partial charge in [-0.1, -0.05) is 19.8 Å². The monoisotopic (exact) mass is 449 g/mol. The number of nitrogens with zero attached hydrogens (tertiary/aromatic N) is 4. The Morgan fingerprint density at radius 2 is 1.97 bits per heavy atom. The quantitative estimate of drug-likeness (QED) is 0.327.